The first-order chi connectivity index (χ1) is 3.13. The van der Waals surface area contributed by atoms with Crippen LogP contribution in [0.15, 0.2) is 0 Å². The van der Waals surface area contributed by atoms with Gasteiger partial charge in [0.15, 0.2) is 0 Å². The molecule has 0 fully saturated rings. The van der Waals surface area contributed by atoms with Crippen molar-refractivity contribution in [3.63, 3.8) is 0 Å². The van der Waals surface area contributed by atoms with Crippen molar-refractivity contribution in [2.45, 2.75) is 20.3 Å². The van der Waals surface area contributed by atoms with Crippen LogP contribution in [0, 0.1) is 0 Å². The predicted molar refractivity (Wildman–Crippen MR) is 31.7 cm³/mol. The van der Waals surface area contributed by atoms with Crippen molar-refractivity contribution < 1.29 is 4.79 Å². The van der Waals surface area contributed by atoms with E-state index in [1.807, 2.05) is 6.92 Å². The van der Waals surface area contributed by atoms with Gasteiger partial charge in [-0.25, -0.2) is 0 Å². The Kier molecular flexibility index (Phi) is 3.14. The molecular weight excluding hydrogens is 155 g/mol. The van der Waals surface area contributed by atoms with Gasteiger partial charge in [0, 0.05) is 0 Å². The summed E-state index contributed by atoms with van der Waals surface area (Å²) in [7, 11) is 0. The fourth-order valence-corrected chi connectivity index (χ4v) is 0.777. The number of ketones is 1. The van der Waals surface area contributed by atoms with Crippen LogP contribution in [-0.4, -0.2) is 25.8 Å². The summed E-state index contributed by atoms with van der Waals surface area (Å²) in [6.45, 7) is 3.49. The van der Waals surface area contributed by atoms with E-state index in [0.717, 1.165) is 4.42 Å². The fraction of sp³-hybridized carbons (Fsp3) is 0.600. The third kappa shape index (κ3) is 6.06. The molecule has 1 nitrogen and oxygen atoms in total. The molecule has 7 heavy (non-hydrogen) atoms. The van der Waals surface area contributed by atoms with Crippen molar-refractivity contribution in [2.75, 3.05) is 0 Å². The molecule has 0 aliphatic rings. The average molecular weight is 163 g/mol. The molecule has 0 rings (SSSR count). The molecule has 0 atom stereocenters. The number of hydrogen-bond acceptors (Lipinski definition) is 1. The summed E-state index contributed by atoms with van der Waals surface area (Å²) in [6, 6.07) is 0. The minimum absolute atomic E-state index is 0.219. The molecule has 2 heteroatoms. The first kappa shape index (κ1) is 7.06. The van der Waals surface area contributed by atoms with E-state index in [1.54, 1.807) is 6.92 Å². The van der Waals surface area contributed by atoms with Crippen LogP contribution in [-0.2, 0) is 4.79 Å². The zero-order valence-electron chi connectivity index (χ0n) is 4.52. The Morgan fingerprint density at radius 2 is 2.00 bits per heavy atom. The Balaban J connectivity index is 3.32. The van der Waals surface area contributed by atoms with Gasteiger partial charge in [-0.2, -0.15) is 0 Å². The zero-order chi connectivity index (χ0) is 5.86. The van der Waals surface area contributed by atoms with Crippen LogP contribution in [0.25, 0.3) is 0 Å². The third-order valence-electron chi connectivity index (χ3n) is 0.498. The van der Waals surface area contributed by atoms with Crippen molar-refractivity contribution in [1.29, 1.82) is 0 Å². The van der Waals surface area contributed by atoms with Gasteiger partial charge in [-0.1, -0.05) is 0 Å². The maximum atomic E-state index is 10.2. The monoisotopic (exact) mass is 164 g/mol. The maximum absolute atomic E-state index is 10.2. The second-order valence-corrected chi connectivity index (χ2v) is 3.04. The fourth-order valence-electron chi connectivity index (χ4n) is 0.351. The summed E-state index contributed by atoms with van der Waals surface area (Å²) in [5.41, 5.74) is 0. The third-order valence-corrected chi connectivity index (χ3v) is 0.801. The molecule has 0 bridgehead atoms. The van der Waals surface area contributed by atoms with E-state index in [-0.39, 0.29) is 5.78 Å². The summed E-state index contributed by atoms with van der Waals surface area (Å²) in [4.78, 5) is 10.2. The van der Waals surface area contributed by atoms with E-state index < -0.39 is 0 Å². The van der Waals surface area contributed by atoms with Crippen LogP contribution in [0.3, 0.4) is 0 Å². The molecule has 0 aliphatic heterocycles. The van der Waals surface area contributed by atoms with E-state index >= 15 is 0 Å². The molecule has 0 aromatic carbocycles. The van der Waals surface area contributed by atoms with E-state index in [9.17, 15) is 4.79 Å². The predicted octanol–water partition coefficient (Wildman–Crippen LogP) is 0.326. The van der Waals surface area contributed by atoms with Crippen LogP contribution in [0.2, 0.25) is 0 Å². The van der Waals surface area contributed by atoms with E-state index in [4.69, 9.17) is 0 Å². The van der Waals surface area contributed by atoms with Gasteiger partial charge in [0.1, 0.15) is 0 Å². The molecule has 0 N–H and O–H groups in total. The van der Waals surface area contributed by atoms with Gasteiger partial charge in [-0.15, -0.1) is 0 Å². The molecule has 0 aliphatic carbocycles. The second-order valence-electron chi connectivity index (χ2n) is 1.58. The number of hydrogen-bond donors (Lipinski definition) is 0. The molecule has 0 spiro atoms. The summed E-state index contributed by atoms with van der Waals surface area (Å²) in [5, 5.41) is 0. The molecule has 0 saturated carbocycles. The minimum atomic E-state index is 0.219. The standard InChI is InChI=1S/C5H8OSe/c1-4(6)3-5(2)7/h3H2,1-2H3. The Morgan fingerprint density at radius 1 is 1.57 bits per heavy atom. The normalized spacial score (nSPS) is 8.29. The molecule has 0 aromatic heterocycles. The second kappa shape index (κ2) is 3.11. The van der Waals surface area contributed by atoms with Gasteiger partial charge in [0.05, 0.1) is 0 Å². The van der Waals surface area contributed by atoms with Crippen molar-refractivity contribution >= 4 is 25.8 Å². The zero-order valence-corrected chi connectivity index (χ0v) is 6.24. The van der Waals surface area contributed by atoms with Gasteiger partial charge in [0.2, 0.25) is 0 Å². The SMILES string of the molecule is CC(=O)CC(C)=[Se]. The molecule has 0 amide bonds. The number of carbonyl (C=O) groups is 1. The van der Waals surface area contributed by atoms with Gasteiger partial charge in [-0.05, 0) is 0 Å². The van der Waals surface area contributed by atoms with E-state index in [1.165, 1.54) is 0 Å². The van der Waals surface area contributed by atoms with Crippen molar-refractivity contribution in [2.24, 2.45) is 0 Å². The molecule has 0 saturated heterocycles. The molecule has 0 aromatic rings. The van der Waals surface area contributed by atoms with Crippen LogP contribution >= 0.6 is 0 Å². The first-order valence-electron chi connectivity index (χ1n) is 2.12. The van der Waals surface area contributed by atoms with Crippen LogP contribution < -0.4 is 0 Å². The molecule has 0 heterocycles. The molecule has 0 unspecified atom stereocenters. The van der Waals surface area contributed by atoms with E-state index in [0.29, 0.717) is 6.42 Å². The number of Topliss-reactive ketones (excluding diaryl/α,β-unsaturated/α-hetero) is 1. The van der Waals surface area contributed by atoms with Crippen LogP contribution in [0.1, 0.15) is 20.3 Å². The van der Waals surface area contributed by atoms with Crippen molar-refractivity contribution in [1.82, 2.24) is 0 Å². The summed E-state index contributed by atoms with van der Waals surface area (Å²) >= 11 is 2.77. The van der Waals surface area contributed by atoms with Crippen molar-refractivity contribution in [3.05, 3.63) is 0 Å². The summed E-state index contributed by atoms with van der Waals surface area (Å²) in [5.74, 6) is 0.219. The van der Waals surface area contributed by atoms with E-state index in [2.05, 4.69) is 15.6 Å². The Morgan fingerprint density at radius 3 is 2.00 bits per heavy atom. The topological polar surface area (TPSA) is 17.1 Å². The number of carbonyl (C=O) groups excluding carboxylic acids is 1. The van der Waals surface area contributed by atoms with Crippen molar-refractivity contribution in [3.8, 4) is 0 Å². The Hall–Kier alpha value is 0.0595. The Bertz CT molecular complexity index is 84.3. The summed E-state index contributed by atoms with van der Waals surface area (Å²) in [6.07, 6.45) is 0.583. The van der Waals surface area contributed by atoms with Gasteiger partial charge in [0.25, 0.3) is 0 Å². The molecule has 40 valence electrons. The van der Waals surface area contributed by atoms with Crippen LogP contribution in [0.4, 0.5) is 0 Å². The first-order valence-corrected chi connectivity index (χ1v) is 2.97. The Labute approximate surface area is 51.5 Å². The number of rotatable bonds is 2. The quantitative estimate of drug-likeness (QED) is 0.536. The van der Waals surface area contributed by atoms with Gasteiger partial charge in [-0.3, -0.25) is 0 Å². The average Bonchev–Trinajstić information content (AvgIpc) is 1.27. The molecule has 0 radical (unpaired) electrons. The summed E-state index contributed by atoms with van der Waals surface area (Å²) < 4.78 is 1.06. The van der Waals surface area contributed by atoms with Crippen LogP contribution in [0.5, 0.6) is 0 Å². The van der Waals surface area contributed by atoms with Gasteiger partial charge >= 0.3 is 50.8 Å². The molecular formula is C5H8OSe. The van der Waals surface area contributed by atoms with Gasteiger partial charge < -0.3 is 0 Å².